The average molecular weight is 463 g/mol. The molecule has 0 aliphatic heterocycles. The van der Waals surface area contributed by atoms with Crippen LogP contribution in [0.4, 0.5) is 0 Å². The summed E-state index contributed by atoms with van der Waals surface area (Å²) in [4.78, 5) is 0. The van der Waals surface area contributed by atoms with Crippen LogP contribution in [0.5, 0.6) is 0 Å². The minimum atomic E-state index is -1.92. The predicted octanol–water partition coefficient (Wildman–Crippen LogP) is 4.31. The van der Waals surface area contributed by atoms with E-state index in [1.165, 1.54) is 13.1 Å². The zero-order chi connectivity index (χ0) is 7.57. The van der Waals surface area contributed by atoms with E-state index < -0.39 is 9.36 Å². The van der Waals surface area contributed by atoms with Gasteiger partial charge in [-0.1, -0.05) is 0 Å². The van der Waals surface area contributed by atoms with Gasteiger partial charge in [0, 0.05) is 0 Å². The third-order valence-electron chi connectivity index (χ3n) is 2.06. The molecule has 0 spiro atoms. The number of halogens is 2. The maximum atomic E-state index is 2.79. The molecule has 58 valence electrons. The average Bonchev–Trinajstić information content (AvgIpc) is 1.90. The van der Waals surface area contributed by atoms with Crippen molar-refractivity contribution in [2.45, 2.75) is 33.9 Å². The fourth-order valence-electron chi connectivity index (χ4n) is 0.671. The Kier molecular flexibility index (Phi) is 4.75. The van der Waals surface area contributed by atoms with Crippen molar-refractivity contribution < 1.29 is 0 Å². The maximum absolute atomic E-state index is 2.79. The van der Waals surface area contributed by atoms with Crippen LogP contribution in [-0.4, -0.2) is 9.36 Å². The summed E-state index contributed by atoms with van der Waals surface area (Å²) in [7, 11) is -1.92. The van der Waals surface area contributed by atoms with Crippen LogP contribution in [-0.2, 0) is 0 Å². The van der Waals surface area contributed by atoms with Crippen LogP contribution in [0.2, 0.25) is 13.1 Å². The van der Waals surface area contributed by atoms with Gasteiger partial charge in [-0.2, -0.15) is 0 Å². The molecule has 0 rings (SSSR count). The number of rotatable bonds is 3. The molecule has 0 unspecified atom stereocenters. The van der Waals surface area contributed by atoms with Crippen LogP contribution >= 0.6 is 37.0 Å². The normalized spacial score (nSPS) is 16.8. The van der Waals surface area contributed by atoms with Gasteiger partial charge in [0.1, 0.15) is 0 Å². The molecule has 0 heterocycles. The first-order valence-electron chi connectivity index (χ1n) is 3.41. The Morgan fingerprint density at radius 2 is 1.11 bits per heavy atom. The molecule has 0 aromatic rings. The van der Waals surface area contributed by atoms with Crippen LogP contribution < -0.4 is 0 Å². The molecule has 0 aliphatic rings. The monoisotopic (exact) mass is 462 g/mol. The van der Waals surface area contributed by atoms with Crippen molar-refractivity contribution in [1.29, 1.82) is 0 Å². The van der Waals surface area contributed by atoms with E-state index in [9.17, 15) is 0 Å². The summed E-state index contributed by atoms with van der Waals surface area (Å²) in [6.07, 6.45) is 0. The Balaban J connectivity index is 4.20. The van der Waals surface area contributed by atoms with Crippen LogP contribution in [0.1, 0.15) is 20.8 Å². The quantitative estimate of drug-likeness (QED) is 0.433. The first-order chi connectivity index (χ1) is 3.96. The van der Waals surface area contributed by atoms with Crippen molar-refractivity contribution in [2.75, 3.05) is 0 Å². The molecule has 0 aliphatic carbocycles. The second-order valence-electron chi connectivity index (χ2n) is 2.40. The molecular formula is C6H15I2Sb. The van der Waals surface area contributed by atoms with E-state index >= 15 is 0 Å². The summed E-state index contributed by atoms with van der Waals surface area (Å²) in [6.45, 7) is 7.06. The Labute approximate surface area is 78.7 Å². The first kappa shape index (κ1) is 11.3. The molecule has 0 amide bonds. The van der Waals surface area contributed by atoms with Crippen LogP contribution in [0, 0.1) is 0 Å². The van der Waals surface area contributed by atoms with Gasteiger partial charge < -0.3 is 0 Å². The Bertz CT molecular complexity index is 82.2. The van der Waals surface area contributed by atoms with Gasteiger partial charge in [-0.3, -0.25) is 0 Å². The standard InChI is InChI=1S/3C2H5.2HI.Sb/c3*1-2;;;/h3*1H2,2H3;2*1H;/q;;;;;+2/p-2. The van der Waals surface area contributed by atoms with E-state index in [1.807, 2.05) is 0 Å². The summed E-state index contributed by atoms with van der Waals surface area (Å²) in [6, 6.07) is 0. The van der Waals surface area contributed by atoms with Gasteiger partial charge in [0.25, 0.3) is 0 Å². The molecule has 0 saturated carbocycles. The SMILES string of the molecule is C[CH2][Sb]([I])([I])([CH2]C)[CH2]C. The van der Waals surface area contributed by atoms with Gasteiger partial charge in [-0.25, -0.2) is 0 Å². The summed E-state index contributed by atoms with van der Waals surface area (Å²) >= 11 is 5.58. The van der Waals surface area contributed by atoms with Crippen molar-refractivity contribution in [3.63, 3.8) is 0 Å². The molecule has 0 bridgehead atoms. The number of hydrogen-bond acceptors (Lipinski definition) is 0. The molecular weight excluding hydrogens is 448 g/mol. The van der Waals surface area contributed by atoms with Gasteiger partial charge in [0.15, 0.2) is 0 Å². The van der Waals surface area contributed by atoms with Gasteiger partial charge in [0.05, 0.1) is 0 Å². The molecule has 3 heteroatoms. The van der Waals surface area contributed by atoms with E-state index in [1.54, 1.807) is 0 Å². The van der Waals surface area contributed by atoms with Gasteiger partial charge >= 0.3 is 80.2 Å². The van der Waals surface area contributed by atoms with Crippen LogP contribution in [0.3, 0.4) is 0 Å². The Morgan fingerprint density at radius 3 is 1.11 bits per heavy atom. The van der Waals surface area contributed by atoms with E-state index in [2.05, 4.69) is 57.8 Å². The summed E-state index contributed by atoms with van der Waals surface area (Å²) in [5.74, 6) is 0. The molecule has 0 aromatic carbocycles. The van der Waals surface area contributed by atoms with Crippen molar-refractivity contribution in [1.82, 2.24) is 0 Å². The Hall–Kier alpha value is 2.28. The number of hydrogen-bond donors (Lipinski definition) is 0. The van der Waals surface area contributed by atoms with E-state index in [-0.39, 0.29) is 0 Å². The summed E-state index contributed by atoms with van der Waals surface area (Å²) in [5, 5.41) is 0. The van der Waals surface area contributed by atoms with E-state index in [0.717, 1.165) is 0 Å². The first-order valence-corrected chi connectivity index (χ1v) is 23.7. The molecule has 0 N–H and O–H groups in total. The molecule has 9 heavy (non-hydrogen) atoms. The third-order valence-corrected chi connectivity index (χ3v) is 41.3. The minimum absolute atomic E-state index is 1.46. The van der Waals surface area contributed by atoms with Crippen LogP contribution in [0.15, 0.2) is 0 Å². The van der Waals surface area contributed by atoms with Gasteiger partial charge in [-0.15, -0.1) is 0 Å². The molecule has 0 aromatic heterocycles. The summed E-state index contributed by atoms with van der Waals surface area (Å²) < 4.78 is 4.38. The molecule has 0 radical (unpaired) electrons. The second kappa shape index (κ2) is 3.79. The topological polar surface area (TPSA) is 0 Å². The molecule has 0 saturated heterocycles. The van der Waals surface area contributed by atoms with Crippen molar-refractivity contribution in [3.8, 4) is 0 Å². The zero-order valence-electron chi connectivity index (χ0n) is 6.32. The fraction of sp³-hybridized carbons (Fsp3) is 1.00. The van der Waals surface area contributed by atoms with Crippen molar-refractivity contribution in [3.05, 3.63) is 0 Å². The third kappa shape index (κ3) is 3.45. The molecule has 0 fully saturated rings. The van der Waals surface area contributed by atoms with Crippen molar-refractivity contribution in [2.24, 2.45) is 0 Å². The fourth-order valence-corrected chi connectivity index (χ4v) is 4.50. The second-order valence-corrected chi connectivity index (χ2v) is 62.4. The zero-order valence-corrected chi connectivity index (χ0v) is 13.2. The summed E-state index contributed by atoms with van der Waals surface area (Å²) in [5.41, 5.74) is 0. The van der Waals surface area contributed by atoms with Crippen molar-refractivity contribution >= 4 is 46.4 Å². The Morgan fingerprint density at radius 1 is 0.889 bits per heavy atom. The molecule has 0 nitrogen and oxygen atoms in total. The van der Waals surface area contributed by atoms with E-state index in [0.29, 0.717) is 0 Å². The van der Waals surface area contributed by atoms with Crippen LogP contribution in [0.25, 0.3) is 0 Å². The molecule has 0 atom stereocenters. The predicted molar refractivity (Wildman–Crippen MR) is 65.2 cm³/mol. The van der Waals surface area contributed by atoms with Gasteiger partial charge in [0.2, 0.25) is 0 Å². The van der Waals surface area contributed by atoms with E-state index in [4.69, 9.17) is 0 Å². The van der Waals surface area contributed by atoms with Gasteiger partial charge in [-0.05, 0) is 0 Å².